The van der Waals surface area contributed by atoms with E-state index in [0.29, 0.717) is 0 Å². The number of rotatable bonds is 4. The molecule has 0 aliphatic rings. The van der Waals surface area contributed by atoms with Gasteiger partial charge in [0.25, 0.3) is 0 Å². The molecule has 1 unspecified atom stereocenters. The SMILES string of the molecule is Cc1cccc2c(C(Nc3ccccn3)c3cnn(C)c3)c[nH]c12. The molecule has 0 radical (unpaired) electrons. The van der Waals surface area contributed by atoms with Gasteiger partial charge in [0.1, 0.15) is 5.82 Å². The van der Waals surface area contributed by atoms with E-state index < -0.39 is 0 Å². The molecule has 1 aromatic carbocycles. The van der Waals surface area contributed by atoms with E-state index in [4.69, 9.17) is 0 Å². The smallest absolute Gasteiger partial charge is 0.126 e. The maximum atomic E-state index is 4.41. The molecule has 3 aromatic heterocycles. The number of nitrogens with zero attached hydrogens (tertiary/aromatic N) is 3. The van der Waals surface area contributed by atoms with E-state index >= 15 is 0 Å². The maximum absolute atomic E-state index is 4.41. The van der Waals surface area contributed by atoms with Gasteiger partial charge in [0.15, 0.2) is 0 Å². The topological polar surface area (TPSA) is 58.5 Å². The van der Waals surface area contributed by atoms with Gasteiger partial charge in [0.2, 0.25) is 0 Å². The summed E-state index contributed by atoms with van der Waals surface area (Å²) in [5, 5.41) is 9.09. The maximum Gasteiger partial charge on any atom is 0.126 e. The normalized spacial score (nSPS) is 12.4. The van der Waals surface area contributed by atoms with Crippen molar-refractivity contribution in [1.82, 2.24) is 19.7 Å². The third-order valence-corrected chi connectivity index (χ3v) is 4.28. The Balaban J connectivity index is 1.84. The summed E-state index contributed by atoms with van der Waals surface area (Å²) in [5.74, 6) is 0.841. The molecule has 0 saturated carbocycles. The van der Waals surface area contributed by atoms with Gasteiger partial charge in [-0.15, -0.1) is 0 Å². The van der Waals surface area contributed by atoms with Crippen LogP contribution in [-0.4, -0.2) is 19.7 Å². The zero-order valence-electron chi connectivity index (χ0n) is 13.7. The highest BCUT2D eigenvalue weighted by molar-refractivity contribution is 5.87. The molecule has 0 fully saturated rings. The van der Waals surface area contributed by atoms with Crippen LogP contribution in [0.2, 0.25) is 0 Å². The number of aromatic nitrogens is 4. The van der Waals surface area contributed by atoms with E-state index in [-0.39, 0.29) is 6.04 Å². The number of aryl methyl sites for hydroxylation is 2. The number of H-pyrrole nitrogens is 1. The molecular weight excluding hydrogens is 298 g/mol. The summed E-state index contributed by atoms with van der Waals surface area (Å²) in [7, 11) is 1.93. The number of pyridine rings is 1. The minimum atomic E-state index is -0.0239. The molecule has 1 atom stereocenters. The fraction of sp³-hybridized carbons (Fsp3) is 0.158. The van der Waals surface area contributed by atoms with Crippen LogP contribution >= 0.6 is 0 Å². The van der Waals surface area contributed by atoms with Crippen LogP contribution in [0.1, 0.15) is 22.7 Å². The number of hydrogen-bond donors (Lipinski definition) is 2. The molecule has 0 aliphatic heterocycles. The van der Waals surface area contributed by atoms with Gasteiger partial charge in [-0.1, -0.05) is 24.3 Å². The Morgan fingerprint density at radius 2 is 2.08 bits per heavy atom. The van der Waals surface area contributed by atoms with Crippen LogP contribution in [0.5, 0.6) is 0 Å². The predicted octanol–water partition coefficient (Wildman–Crippen LogP) is 3.81. The molecule has 5 nitrogen and oxygen atoms in total. The third kappa shape index (κ3) is 2.54. The summed E-state index contributed by atoms with van der Waals surface area (Å²) in [6.45, 7) is 2.12. The highest BCUT2D eigenvalue weighted by atomic mass is 15.2. The molecule has 120 valence electrons. The molecule has 3 heterocycles. The summed E-state index contributed by atoms with van der Waals surface area (Å²) in [6.07, 6.45) is 7.80. The summed E-state index contributed by atoms with van der Waals surface area (Å²) in [6, 6.07) is 12.2. The molecule has 24 heavy (non-hydrogen) atoms. The van der Waals surface area contributed by atoms with Crippen molar-refractivity contribution in [2.24, 2.45) is 7.05 Å². The first-order valence-electron chi connectivity index (χ1n) is 7.95. The van der Waals surface area contributed by atoms with E-state index in [2.05, 4.69) is 51.7 Å². The molecule has 2 N–H and O–H groups in total. The molecule has 0 saturated heterocycles. The van der Waals surface area contributed by atoms with E-state index in [1.807, 2.05) is 42.3 Å². The lowest BCUT2D eigenvalue weighted by Gasteiger charge is -2.18. The molecule has 5 heteroatoms. The van der Waals surface area contributed by atoms with Crippen molar-refractivity contribution < 1.29 is 0 Å². The average Bonchev–Trinajstić information content (AvgIpc) is 3.21. The molecule has 0 bridgehead atoms. The van der Waals surface area contributed by atoms with E-state index in [9.17, 15) is 0 Å². The van der Waals surface area contributed by atoms with Crippen molar-refractivity contribution >= 4 is 16.7 Å². The Bertz CT molecular complexity index is 968. The second-order valence-corrected chi connectivity index (χ2v) is 5.98. The fourth-order valence-corrected chi connectivity index (χ4v) is 3.09. The lowest BCUT2D eigenvalue weighted by atomic mass is 10.00. The van der Waals surface area contributed by atoms with E-state index in [1.54, 1.807) is 6.20 Å². The summed E-state index contributed by atoms with van der Waals surface area (Å²) in [4.78, 5) is 7.82. The molecular formula is C19H19N5. The molecule has 4 aromatic rings. The summed E-state index contributed by atoms with van der Waals surface area (Å²) < 4.78 is 1.82. The van der Waals surface area contributed by atoms with Crippen molar-refractivity contribution in [3.05, 3.63) is 77.9 Å². The monoisotopic (exact) mass is 317 g/mol. The van der Waals surface area contributed by atoms with Crippen LogP contribution in [0.4, 0.5) is 5.82 Å². The Morgan fingerprint density at radius 3 is 2.83 bits per heavy atom. The van der Waals surface area contributed by atoms with Gasteiger partial charge in [-0.25, -0.2) is 4.98 Å². The first-order valence-corrected chi connectivity index (χ1v) is 7.95. The molecule has 4 rings (SSSR count). The Kier molecular flexibility index (Phi) is 3.54. The third-order valence-electron chi connectivity index (χ3n) is 4.28. The van der Waals surface area contributed by atoms with Gasteiger partial charge in [-0.2, -0.15) is 5.10 Å². The minimum Gasteiger partial charge on any atom is -0.361 e. The molecule has 0 amide bonds. The van der Waals surface area contributed by atoms with Crippen LogP contribution in [0, 0.1) is 6.92 Å². The van der Waals surface area contributed by atoms with Gasteiger partial charge in [0, 0.05) is 47.7 Å². The second kappa shape index (κ2) is 5.85. The van der Waals surface area contributed by atoms with E-state index in [0.717, 1.165) is 11.4 Å². The van der Waals surface area contributed by atoms with Gasteiger partial charge in [-0.3, -0.25) is 4.68 Å². The van der Waals surface area contributed by atoms with Crippen LogP contribution in [-0.2, 0) is 7.05 Å². The van der Waals surface area contributed by atoms with Gasteiger partial charge >= 0.3 is 0 Å². The number of fused-ring (bicyclic) bond motifs is 1. The van der Waals surface area contributed by atoms with Crippen LogP contribution in [0.25, 0.3) is 10.9 Å². The largest absolute Gasteiger partial charge is 0.361 e. The zero-order valence-corrected chi connectivity index (χ0v) is 13.7. The van der Waals surface area contributed by atoms with Crippen LogP contribution in [0.3, 0.4) is 0 Å². The van der Waals surface area contributed by atoms with Crippen molar-refractivity contribution in [2.75, 3.05) is 5.32 Å². The van der Waals surface area contributed by atoms with Gasteiger partial charge in [-0.05, 0) is 24.6 Å². The first-order chi connectivity index (χ1) is 11.7. The fourth-order valence-electron chi connectivity index (χ4n) is 3.09. The lowest BCUT2D eigenvalue weighted by molar-refractivity contribution is 0.766. The molecule has 0 aliphatic carbocycles. The molecule has 0 spiro atoms. The van der Waals surface area contributed by atoms with Crippen molar-refractivity contribution in [3.8, 4) is 0 Å². The van der Waals surface area contributed by atoms with E-state index in [1.165, 1.54) is 22.0 Å². The summed E-state index contributed by atoms with van der Waals surface area (Å²) >= 11 is 0. The Labute approximate surface area is 140 Å². The van der Waals surface area contributed by atoms with Crippen molar-refractivity contribution in [1.29, 1.82) is 0 Å². The minimum absolute atomic E-state index is 0.0239. The number of anilines is 1. The van der Waals surface area contributed by atoms with Crippen molar-refractivity contribution in [3.63, 3.8) is 0 Å². The van der Waals surface area contributed by atoms with Crippen LogP contribution in [0.15, 0.2) is 61.2 Å². The Morgan fingerprint density at radius 1 is 1.17 bits per heavy atom. The highest BCUT2D eigenvalue weighted by Gasteiger charge is 2.20. The van der Waals surface area contributed by atoms with Crippen LogP contribution < -0.4 is 5.32 Å². The van der Waals surface area contributed by atoms with Gasteiger partial charge in [0.05, 0.1) is 12.2 Å². The lowest BCUT2D eigenvalue weighted by Crippen LogP contribution is -2.12. The van der Waals surface area contributed by atoms with Crippen molar-refractivity contribution in [2.45, 2.75) is 13.0 Å². The Hall–Kier alpha value is -3.08. The predicted molar refractivity (Wildman–Crippen MR) is 95.9 cm³/mol. The second-order valence-electron chi connectivity index (χ2n) is 5.98. The summed E-state index contributed by atoms with van der Waals surface area (Å²) in [5.41, 5.74) is 4.70. The first kappa shape index (κ1) is 14.5. The number of para-hydroxylation sites is 1. The number of hydrogen-bond acceptors (Lipinski definition) is 3. The quantitative estimate of drug-likeness (QED) is 0.602. The number of aromatic amines is 1. The standard InChI is InChI=1S/C19H19N5/c1-13-6-5-7-15-16(11-21-18(13)15)19(14-10-22-24(2)12-14)23-17-8-3-4-9-20-17/h3-12,19,21H,1-2H3,(H,20,23). The number of benzene rings is 1. The highest BCUT2D eigenvalue weighted by Crippen LogP contribution is 2.32. The zero-order chi connectivity index (χ0) is 16.5. The average molecular weight is 317 g/mol. The van der Waals surface area contributed by atoms with Gasteiger partial charge < -0.3 is 10.3 Å². The number of nitrogens with one attached hydrogen (secondary N) is 2.